The molecule has 5 aromatic heterocycles. The number of benzene rings is 5. The van der Waals surface area contributed by atoms with Crippen molar-refractivity contribution in [1.82, 2.24) is 44.3 Å². The normalized spacial score (nSPS) is 16.9. The Balaban J connectivity index is 0.000000172. The lowest BCUT2D eigenvalue weighted by molar-refractivity contribution is -0.137. The van der Waals surface area contributed by atoms with Gasteiger partial charge in [-0.05, 0) is 48.5 Å². The van der Waals surface area contributed by atoms with Gasteiger partial charge < -0.3 is 30.4 Å². The van der Waals surface area contributed by atoms with E-state index in [-0.39, 0.29) is 84.5 Å². The van der Waals surface area contributed by atoms with Crippen molar-refractivity contribution in [3.8, 4) is 22.3 Å². The average molecular weight is 1150 g/mol. The van der Waals surface area contributed by atoms with E-state index in [2.05, 4.69) is 35.8 Å². The largest absolute Gasteiger partial charge is 0.361 e. The number of hydrogen-bond donors (Lipinski definition) is 4. The highest BCUT2D eigenvalue weighted by molar-refractivity contribution is 6.38. The number of nitrogens with one attached hydrogen (secondary N) is 4. The van der Waals surface area contributed by atoms with Crippen LogP contribution in [-0.4, -0.2) is 117 Å². The number of para-hydroxylation sites is 1. The number of hydrogen-bond acceptors (Lipinski definition) is 9. The Kier molecular flexibility index (Phi) is 14.9. The Morgan fingerprint density at radius 2 is 1.02 bits per heavy atom. The number of anilines is 2. The number of carbonyl (C=O) groups excluding carboxylic acids is 6. The fourth-order valence-electron chi connectivity index (χ4n) is 10.7. The summed E-state index contributed by atoms with van der Waals surface area (Å²) >= 11 is 13.1. The summed E-state index contributed by atoms with van der Waals surface area (Å²) in [5.74, 6) is -4.51. The zero-order valence-electron chi connectivity index (χ0n) is 43.5. The second-order valence-electron chi connectivity index (χ2n) is 19.9. The lowest BCUT2D eigenvalue weighted by atomic mass is 10.0. The minimum atomic E-state index is -1.44. The van der Waals surface area contributed by atoms with E-state index in [9.17, 15) is 37.5 Å². The molecule has 2 fully saturated rings. The minimum Gasteiger partial charge on any atom is -0.361 e. The quantitative estimate of drug-likeness (QED) is 0.0676. The van der Waals surface area contributed by atoms with Crippen LogP contribution in [0.2, 0.25) is 10.0 Å². The van der Waals surface area contributed by atoms with Crippen LogP contribution in [0, 0.1) is 11.6 Å². The summed E-state index contributed by atoms with van der Waals surface area (Å²) in [5.41, 5.74) is 4.05. The first-order chi connectivity index (χ1) is 39.4. The zero-order valence-corrected chi connectivity index (χ0v) is 45.0. The van der Waals surface area contributed by atoms with Crippen LogP contribution in [0.1, 0.15) is 47.7 Å². The number of likely N-dealkylation sites (tertiary alicyclic amines) is 2. The molecule has 4 amide bonds. The molecule has 2 aliphatic heterocycles. The summed E-state index contributed by atoms with van der Waals surface area (Å²) in [6.45, 7) is 1.52. The predicted molar refractivity (Wildman–Crippen MR) is 302 cm³/mol. The van der Waals surface area contributed by atoms with Crippen molar-refractivity contribution in [3.05, 3.63) is 161 Å². The smallest absolute Gasteiger partial charge is 0.247 e. The van der Waals surface area contributed by atoms with Gasteiger partial charge in [0.25, 0.3) is 0 Å². The second-order valence-corrected chi connectivity index (χ2v) is 20.6. The van der Waals surface area contributed by atoms with Gasteiger partial charge in [-0.15, -0.1) is 0 Å². The molecule has 0 saturated carbocycles. The third kappa shape index (κ3) is 10.3. The summed E-state index contributed by atoms with van der Waals surface area (Å²) in [6, 6.07) is 25.8. The summed E-state index contributed by atoms with van der Waals surface area (Å²) in [5, 5.41) is 16.9. The maximum absolute atomic E-state index is 15.7. The van der Waals surface area contributed by atoms with Crippen molar-refractivity contribution in [2.75, 3.05) is 23.7 Å². The number of aromatic amines is 2. The van der Waals surface area contributed by atoms with Crippen LogP contribution in [0.5, 0.6) is 0 Å². The fourth-order valence-corrected chi connectivity index (χ4v) is 11.3. The van der Waals surface area contributed by atoms with Crippen LogP contribution in [-0.2, 0) is 32.3 Å². The lowest BCUT2D eigenvalue weighted by Crippen LogP contribution is -2.44. The predicted octanol–water partition coefficient (Wildman–Crippen LogP) is 10.9. The minimum absolute atomic E-state index is 0.114. The molecule has 0 unspecified atom stereocenters. The van der Waals surface area contributed by atoms with Crippen LogP contribution in [0.3, 0.4) is 0 Å². The molecule has 82 heavy (non-hydrogen) atoms. The van der Waals surface area contributed by atoms with Gasteiger partial charge in [0.2, 0.25) is 23.6 Å². The first-order valence-corrected chi connectivity index (χ1v) is 26.6. The van der Waals surface area contributed by atoms with Gasteiger partial charge in [-0.1, -0.05) is 77.8 Å². The van der Waals surface area contributed by atoms with Crippen LogP contribution >= 0.6 is 23.2 Å². The number of rotatable bonds is 12. The standard InChI is InChI=1S/C30H24ClF2N5O3.C29H23ClF2N6O3/c1-16(39)29-21-5-2-3-8-24(21)38(36-29)15-26(40)37-14-17(32)13-25(37)30(41)35-23-7-4-6-19(28(23)33)18-9-10-22-20(27(18)31)11-12-34-22;1-15(39)28-20-7-9-33-12-24(20)38(36-28)14-25(40)37-13-16(31)11-23(37)29(41)35-22-4-2-3-18(27(22)32)17-5-6-21-19(26(17)30)8-10-34-21/h2-12,17,25,34H,13-15H2,1H3,(H,35,41);2-10,12,16,23,34H,11,13-14H2,1H3,(H,35,41)/t17-,25+;16-,23+/m11/s1. The molecule has 0 radical (unpaired) electrons. The van der Waals surface area contributed by atoms with E-state index < -0.39 is 59.7 Å². The van der Waals surface area contributed by atoms with Crippen molar-refractivity contribution in [2.45, 2.75) is 64.2 Å². The molecule has 0 aliphatic carbocycles. The number of carbonyl (C=O) groups is 6. The maximum atomic E-state index is 15.7. The first kappa shape index (κ1) is 54.7. The lowest BCUT2D eigenvalue weighted by Gasteiger charge is -2.24. The van der Waals surface area contributed by atoms with Crippen LogP contribution in [0.25, 0.3) is 65.9 Å². The van der Waals surface area contributed by atoms with E-state index in [1.54, 1.807) is 103 Å². The third-order valence-electron chi connectivity index (χ3n) is 14.6. The molecule has 0 bridgehead atoms. The molecule has 23 heteroatoms. The van der Waals surface area contributed by atoms with Crippen molar-refractivity contribution in [1.29, 1.82) is 0 Å². The Labute approximate surface area is 473 Å². The maximum Gasteiger partial charge on any atom is 0.247 e. The highest BCUT2D eigenvalue weighted by Gasteiger charge is 2.42. The Morgan fingerprint density at radius 3 is 1.51 bits per heavy atom. The molecule has 12 rings (SSSR count). The number of nitrogens with zero attached hydrogens (tertiary/aromatic N) is 7. The van der Waals surface area contributed by atoms with E-state index in [0.717, 1.165) is 31.6 Å². The number of fused-ring (bicyclic) bond motifs is 4. The topological polar surface area (TPSA) is 213 Å². The van der Waals surface area contributed by atoms with Gasteiger partial charge >= 0.3 is 0 Å². The molecule has 2 aliphatic rings. The van der Waals surface area contributed by atoms with E-state index in [4.69, 9.17) is 23.2 Å². The summed E-state index contributed by atoms with van der Waals surface area (Å²) in [4.78, 5) is 89.7. The number of pyridine rings is 1. The van der Waals surface area contributed by atoms with Crippen LogP contribution in [0.4, 0.5) is 28.9 Å². The van der Waals surface area contributed by atoms with E-state index >= 15 is 8.78 Å². The van der Waals surface area contributed by atoms with Gasteiger partial charge in [0, 0.05) is 100 Å². The van der Waals surface area contributed by atoms with Crippen molar-refractivity contribution in [2.24, 2.45) is 0 Å². The van der Waals surface area contributed by atoms with E-state index in [0.29, 0.717) is 43.0 Å². The second kappa shape index (κ2) is 22.4. The van der Waals surface area contributed by atoms with Gasteiger partial charge in [-0.3, -0.25) is 43.1 Å². The number of amides is 4. The number of aromatic nitrogens is 7. The highest BCUT2D eigenvalue weighted by Crippen LogP contribution is 2.39. The van der Waals surface area contributed by atoms with Crippen molar-refractivity contribution < 1.29 is 46.3 Å². The number of alkyl halides is 2. The number of halogens is 6. The molecule has 416 valence electrons. The molecular weight excluding hydrogens is 1110 g/mol. The monoisotopic (exact) mass is 1150 g/mol. The van der Waals surface area contributed by atoms with Gasteiger partial charge in [0.05, 0.1) is 51.7 Å². The molecular formula is C59H47Cl2F4N11O6. The van der Waals surface area contributed by atoms with Crippen molar-refractivity contribution >= 4 is 113 Å². The Hall–Kier alpha value is -9.21. The number of ketones is 2. The van der Waals surface area contributed by atoms with Gasteiger partial charge in [0.15, 0.2) is 23.2 Å². The Bertz CT molecular complexity index is 3970. The third-order valence-corrected chi connectivity index (χ3v) is 15.4. The molecule has 7 heterocycles. The molecule has 5 aromatic carbocycles. The molecule has 17 nitrogen and oxygen atoms in total. The summed E-state index contributed by atoms with van der Waals surface area (Å²) in [6.07, 6.45) is 3.11. The summed E-state index contributed by atoms with van der Waals surface area (Å²) in [7, 11) is 0. The number of Topliss-reactive ketones (excluding diaryl/α,β-unsaturated/α-hetero) is 2. The van der Waals surface area contributed by atoms with Gasteiger partial charge in [-0.2, -0.15) is 10.2 Å². The van der Waals surface area contributed by atoms with Crippen molar-refractivity contribution in [3.63, 3.8) is 0 Å². The molecule has 4 atom stereocenters. The zero-order chi connectivity index (χ0) is 57.7. The summed E-state index contributed by atoms with van der Waals surface area (Å²) < 4.78 is 63.1. The van der Waals surface area contributed by atoms with Gasteiger partial charge in [0.1, 0.15) is 48.9 Å². The molecule has 4 N–H and O–H groups in total. The van der Waals surface area contributed by atoms with Crippen LogP contribution in [0.15, 0.2) is 128 Å². The number of H-pyrrole nitrogens is 2. The Morgan fingerprint density at radius 1 is 0.561 bits per heavy atom. The van der Waals surface area contributed by atoms with E-state index in [1.807, 2.05) is 0 Å². The highest BCUT2D eigenvalue weighted by atomic mass is 35.5. The van der Waals surface area contributed by atoms with E-state index in [1.165, 1.54) is 47.7 Å². The van der Waals surface area contributed by atoms with Gasteiger partial charge in [-0.25, -0.2) is 17.6 Å². The fraction of sp³-hybridized carbons (Fsp3) is 0.203. The SMILES string of the molecule is CC(=O)c1nn(CC(=O)N2C[C@H](F)C[C@H]2C(=O)Nc2cccc(-c3ccc4[nH]ccc4c3Cl)c2F)c2ccccc12.CC(=O)c1nn(CC(=O)N2C[C@H](F)C[C@H]2C(=O)Nc2cccc(-c3ccc4[nH]ccc4c3Cl)c2F)c2cnccc12. The molecule has 2 saturated heterocycles. The van der Waals surface area contributed by atoms with Crippen LogP contribution < -0.4 is 10.6 Å². The molecule has 10 aromatic rings. The first-order valence-electron chi connectivity index (χ1n) is 25.8. The molecule has 0 spiro atoms. The average Bonchev–Trinajstić information content (AvgIpc) is 4.37.